The number of hydrogen-bond donors (Lipinski definition) is 3. The van der Waals surface area contributed by atoms with Crippen LogP contribution in [0.5, 0.6) is 11.5 Å². The Morgan fingerprint density at radius 2 is 1.80 bits per heavy atom. The van der Waals surface area contributed by atoms with Crippen molar-refractivity contribution in [1.82, 2.24) is 4.98 Å². The molecule has 0 amide bonds. The second kappa shape index (κ2) is 4.86. The molecule has 0 unspecified atom stereocenters. The van der Waals surface area contributed by atoms with Crippen LogP contribution >= 0.6 is 11.3 Å². The molecule has 0 bridgehead atoms. The van der Waals surface area contributed by atoms with Crippen LogP contribution in [0.4, 0.5) is 5.69 Å². The zero-order chi connectivity index (χ0) is 14.1. The number of nitrogens with two attached hydrogens (primary N) is 1. The third kappa shape index (κ3) is 2.19. The first-order valence-electron chi connectivity index (χ1n) is 5.98. The number of nitrogens with zero attached hydrogens (tertiary/aromatic N) is 1. The predicted octanol–water partition coefficient (Wildman–Crippen LogP) is 3.47. The van der Waals surface area contributed by atoms with Crippen molar-refractivity contribution in [3.63, 3.8) is 0 Å². The summed E-state index contributed by atoms with van der Waals surface area (Å²) >= 11 is 1.49. The lowest BCUT2D eigenvalue weighted by molar-refractivity contribution is 0.404. The Morgan fingerprint density at radius 3 is 2.55 bits per heavy atom. The van der Waals surface area contributed by atoms with Gasteiger partial charge < -0.3 is 15.9 Å². The second-order valence-corrected chi connectivity index (χ2v) is 5.19. The molecular weight excluding hydrogens is 272 g/mol. The molecule has 4 N–H and O–H groups in total. The van der Waals surface area contributed by atoms with E-state index in [1.807, 2.05) is 29.6 Å². The van der Waals surface area contributed by atoms with E-state index >= 15 is 0 Å². The SMILES string of the molecule is Nc1ccccc1-c1nc(-c2ccc(O)c(O)c2)cs1. The van der Waals surface area contributed by atoms with Gasteiger partial charge in [-0.25, -0.2) is 4.98 Å². The number of anilines is 1. The van der Waals surface area contributed by atoms with E-state index in [2.05, 4.69) is 4.98 Å². The topological polar surface area (TPSA) is 79.4 Å². The van der Waals surface area contributed by atoms with Crippen molar-refractivity contribution >= 4 is 17.0 Å². The maximum Gasteiger partial charge on any atom is 0.158 e. The van der Waals surface area contributed by atoms with Gasteiger partial charge >= 0.3 is 0 Å². The van der Waals surface area contributed by atoms with E-state index in [0.29, 0.717) is 5.69 Å². The number of phenols is 2. The predicted molar refractivity (Wildman–Crippen MR) is 80.7 cm³/mol. The maximum atomic E-state index is 9.53. The van der Waals surface area contributed by atoms with Crippen LogP contribution < -0.4 is 5.73 Å². The highest BCUT2D eigenvalue weighted by atomic mass is 32.1. The average Bonchev–Trinajstić information content (AvgIpc) is 2.92. The maximum absolute atomic E-state index is 9.53. The Bertz CT molecular complexity index is 768. The normalized spacial score (nSPS) is 10.6. The number of phenolic OH excluding ortho intramolecular Hbond substituents is 2. The first-order chi connectivity index (χ1) is 9.65. The monoisotopic (exact) mass is 284 g/mol. The van der Waals surface area contributed by atoms with Crippen molar-refractivity contribution in [3.05, 3.63) is 47.8 Å². The van der Waals surface area contributed by atoms with Crippen molar-refractivity contribution in [1.29, 1.82) is 0 Å². The minimum absolute atomic E-state index is 0.142. The van der Waals surface area contributed by atoms with Crippen LogP contribution in [-0.2, 0) is 0 Å². The highest BCUT2D eigenvalue weighted by Crippen LogP contribution is 2.34. The molecule has 1 heterocycles. The van der Waals surface area contributed by atoms with Crippen LogP contribution in [0.25, 0.3) is 21.8 Å². The molecule has 20 heavy (non-hydrogen) atoms. The molecule has 4 nitrogen and oxygen atoms in total. The summed E-state index contributed by atoms with van der Waals surface area (Å²) in [7, 11) is 0. The minimum atomic E-state index is -0.156. The van der Waals surface area contributed by atoms with Gasteiger partial charge in [-0.3, -0.25) is 0 Å². The average molecular weight is 284 g/mol. The first kappa shape index (κ1) is 12.5. The fraction of sp³-hybridized carbons (Fsp3) is 0. The summed E-state index contributed by atoms with van der Waals surface area (Å²) in [6, 6.07) is 12.2. The molecule has 0 spiro atoms. The smallest absolute Gasteiger partial charge is 0.158 e. The Hall–Kier alpha value is -2.53. The number of benzene rings is 2. The third-order valence-corrected chi connectivity index (χ3v) is 3.84. The van der Waals surface area contributed by atoms with Crippen molar-refractivity contribution in [2.24, 2.45) is 0 Å². The molecule has 0 aliphatic rings. The lowest BCUT2D eigenvalue weighted by Gasteiger charge is -2.01. The summed E-state index contributed by atoms with van der Waals surface area (Å²) in [6.45, 7) is 0. The quantitative estimate of drug-likeness (QED) is 0.497. The number of para-hydroxylation sites is 1. The number of thiazole rings is 1. The molecule has 0 aliphatic heterocycles. The molecule has 5 heteroatoms. The molecule has 0 atom stereocenters. The van der Waals surface area contributed by atoms with Gasteiger partial charge in [-0.1, -0.05) is 12.1 Å². The summed E-state index contributed by atoms with van der Waals surface area (Å²) in [5, 5.41) is 21.6. The number of rotatable bonds is 2. The number of hydrogen-bond acceptors (Lipinski definition) is 5. The lowest BCUT2D eigenvalue weighted by atomic mass is 10.1. The van der Waals surface area contributed by atoms with Gasteiger partial charge in [0.25, 0.3) is 0 Å². The summed E-state index contributed by atoms with van der Waals surface area (Å²) in [5.41, 5.74) is 9.00. The van der Waals surface area contributed by atoms with Gasteiger partial charge in [0.15, 0.2) is 11.5 Å². The van der Waals surface area contributed by atoms with Gasteiger partial charge in [0.05, 0.1) is 5.69 Å². The molecule has 0 saturated heterocycles. The highest BCUT2D eigenvalue weighted by molar-refractivity contribution is 7.13. The molecule has 2 aromatic carbocycles. The highest BCUT2D eigenvalue weighted by Gasteiger charge is 2.10. The second-order valence-electron chi connectivity index (χ2n) is 4.33. The Balaban J connectivity index is 2.02. The lowest BCUT2D eigenvalue weighted by Crippen LogP contribution is -1.88. The van der Waals surface area contributed by atoms with E-state index in [9.17, 15) is 10.2 Å². The van der Waals surface area contributed by atoms with Crippen LogP contribution in [0, 0.1) is 0 Å². The van der Waals surface area contributed by atoms with Gasteiger partial charge in [0.1, 0.15) is 5.01 Å². The van der Waals surface area contributed by atoms with Crippen molar-refractivity contribution in [2.45, 2.75) is 0 Å². The van der Waals surface area contributed by atoms with E-state index in [1.165, 1.54) is 23.5 Å². The molecule has 0 aliphatic carbocycles. The summed E-state index contributed by atoms with van der Waals surface area (Å²) in [4.78, 5) is 4.53. The standard InChI is InChI=1S/C15H12N2O2S/c16-11-4-2-1-3-10(11)15-17-12(8-20-15)9-5-6-13(18)14(19)7-9/h1-8,18-19H,16H2. The van der Waals surface area contributed by atoms with Crippen LogP contribution in [0.15, 0.2) is 47.8 Å². The van der Waals surface area contributed by atoms with E-state index in [-0.39, 0.29) is 11.5 Å². The Morgan fingerprint density at radius 1 is 1.00 bits per heavy atom. The molecule has 0 saturated carbocycles. The number of nitrogen functional groups attached to an aromatic ring is 1. The van der Waals surface area contributed by atoms with Gasteiger partial charge in [-0.15, -0.1) is 11.3 Å². The van der Waals surface area contributed by atoms with E-state index in [4.69, 9.17) is 5.73 Å². The summed E-state index contributed by atoms with van der Waals surface area (Å²) in [5.74, 6) is -0.298. The van der Waals surface area contributed by atoms with Gasteiger partial charge in [0, 0.05) is 22.2 Å². The first-order valence-corrected chi connectivity index (χ1v) is 6.86. The van der Waals surface area contributed by atoms with Crippen LogP contribution in [-0.4, -0.2) is 15.2 Å². The van der Waals surface area contributed by atoms with Crippen molar-refractivity contribution < 1.29 is 10.2 Å². The molecular formula is C15H12N2O2S. The molecule has 1 aromatic heterocycles. The van der Waals surface area contributed by atoms with Crippen molar-refractivity contribution in [2.75, 3.05) is 5.73 Å². The fourth-order valence-corrected chi connectivity index (χ4v) is 2.78. The van der Waals surface area contributed by atoms with E-state index < -0.39 is 0 Å². The van der Waals surface area contributed by atoms with Crippen LogP contribution in [0.3, 0.4) is 0 Å². The zero-order valence-corrected chi connectivity index (χ0v) is 11.3. The van der Waals surface area contributed by atoms with E-state index in [1.54, 1.807) is 6.07 Å². The van der Waals surface area contributed by atoms with Crippen LogP contribution in [0.1, 0.15) is 0 Å². The fourth-order valence-electron chi connectivity index (χ4n) is 1.90. The molecule has 3 aromatic rings. The number of aromatic nitrogens is 1. The molecule has 3 rings (SSSR count). The molecule has 0 fully saturated rings. The van der Waals surface area contributed by atoms with Gasteiger partial charge in [-0.05, 0) is 30.3 Å². The Kier molecular flexibility index (Phi) is 3.04. The van der Waals surface area contributed by atoms with Gasteiger partial charge in [0.2, 0.25) is 0 Å². The summed E-state index contributed by atoms with van der Waals surface area (Å²) < 4.78 is 0. The molecule has 0 radical (unpaired) electrons. The largest absolute Gasteiger partial charge is 0.504 e. The zero-order valence-electron chi connectivity index (χ0n) is 10.4. The minimum Gasteiger partial charge on any atom is -0.504 e. The van der Waals surface area contributed by atoms with Crippen molar-refractivity contribution in [3.8, 4) is 33.3 Å². The van der Waals surface area contributed by atoms with Crippen LogP contribution in [0.2, 0.25) is 0 Å². The van der Waals surface area contributed by atoms with Gasteiger partial charge in [-0.2, -0.15) is 0 Å². The summed E-state index contributed by atoms with van der Waals surface area (Å²) in [6.07, 6.45) is 0. The van der Waals surface area contributed by atoms with E-state index in [0.717, 1.165) is 21.8 Å². The third-order valence-electron chi connectivity index (χ3n) is 2.97. The molecule has 100 valence electrons. The Labute approximate surface area is 119 Å². The number of aromatic hydroxyl groups is 2.